The lowest BCUT2D eigenvalue weighted by Gasteiger charge is -2.12. The lowest BCUT2D eigenvalue weighted by Crippen LogP contribution is -2.23. The lowest BCUT2D eigenvalue weighted by atomic mass is 10.1. The van der Waals surface area contributed by atoms with Gasteiger partial charge in [-0.3, -0.25) is 9.36 Å². The molecule has 0 atom stereocenters. The molecule has 178 valence electrons. The fraction of sp³-hybridized carbons (Fsp3) is 0.333. The van der Waals surface area contributed by atoms with Crippen molar-refractivity contribution in [2.24, 2.45) is 0 Å². The van der Waals surface area contributed by atoms with E-state index in [1.807, 2.05) is 24.3 Å². The van der Waals surface area contributed by atoms with Crippen molar-refractivity contribution in [3.05, 3.63) is 52.6 Å². The minimum absolute atomic E-state index is 0.0369. The van der Waals surface area contributed by atoms with Gasteiger partial charge in [0.05, 0.1) is 38.0 Å². The van der Waals surface area contributed by atoms with E-state index >= 15 is 0 Å². The molecule has 4 aromatic rings. The van der Waals surface area contributed by atoms with E-state index in [2.05, 4.69) is 17.1 Å². The second-order valence-electron chi connectivity index (χ2n) is 7.44. The summed E-state index contributed by atoms with van der Waals surface area (Å²) in [5.41, 5.74) is 1.30. The van der Waals surface area contributed by atoms with Gasteiger partial charge in [0.1, 0.15) is 0 Å². The zero-order chi connectivity index (χ0) is 24.1. The number of rotatable bonds is 10. The first-order chi connectivity index (χ1) is 16.6. The van der Waals surface area contributed by atoms with Crippen LogP contribution < -0.4 is 19.8 Å². The maximum absolute atomic E-state index is 13.1. The fourth-order valence-corrected chi connectivity index (χ4v) is 4.40. The second kappa shape index (κ2) is 10.6. The quantitative estimate of drug-likeness (QED) is 0.238. The third kappa shape index (κ3) is 4.72. The Morgan fingerprint density at radius 3 is 2.44 bits per heavy atom. The molecule has 34 heavy (non-hydrogen) atoms. The van der Waals surface area contributed by atoms with E-state index in [9.17, 15) is 4.79 Å². The van der Waals surface area contributed by atoms with Gasteiger partial charge in [-0.15, -0.1) is 0 Å². The van der Waals surface area contributed by atoms with Crippen LogP contribution >= 0.6 is 11.8 Å². The summed E-state index contributed by atoms with van der Waals surface area (Å²) in [6.07, 6.45) is 1.87. The molecule has 0 amide bonds. The Kier molecular flexibility index (Phi) is 7.36. The summed E-state index contributed by atoms with van der Waals surface area (Å²) < 4.78 is 23.4. The smallest absolute Gasteiger partial charge is 0.262 e. The molecular formula is C24H26N4O5S. The summed E-state index contributed by atoms with van der Waals surface area (Å²) >= 11 is 1.40. The Hall–Kier alpha value is -3.53. The number of aromatic nitrogens is 4. The molecule has 0 saturated carbocycles. The van der Waals surface area contributed by atoms with Crippen molar-refractivity contribution in [2.75, 3.05) is 21.3 Å². The summed E-state index contributed by atoms with van der Waals surface area (Å²) in [5, 5.41) is 5.35. The van der Waals surface area contributed by atoms with Gasteiger partial charge in [0.2, 0.25) is 17.5 Å². The van der Waals surface area contributed by atoms with Crippen LogP contribution in [0.5, 0.6) is 17.2 Å². The zero-order valence-electron chi connectivity index (χ0n) is 19.5. The van der Waals surface area contributed by atoms with E-state index in [4.69, 9.17) is 23.7 Å². The van der Waals surface area contributed by atoms with Crippen LogP contribution in [0.15, 0.2) is 50.9 Å². The number of thioether (sulfide) groups is 1. The number of benzene rings is 2. The van der Waals surface area contributed by atoms with Gasteiger partial charge in [-0.25, -0.2) is 4.98 Å². The summed E-state index contributed by atoms with van der Waals surface area (Å²) in [7, 11) is 4.65. The number of methoxy groups -OCH3 is 3. The molecule has 0 aliphatic rings. The number of nitrogens with zero attached hydrogens (tertiary/aromatic N) is 4. The van der Waals surface area contributed by atoms with Crippen LogP contribution in [0, 0.1) is 0 Å². The van der Waals surface area contributed by atoms with Gasteiger partial charge in [-0.2, -0.15) is 4.98 Å². The summed E-state index contributed by atoms with van der Waals surface area (Å²) in [6, 6.07) is 10.9. The highest BCUT2D eigenvalue weighted by atomic mass is 32.2. The van der Waals surface area contributed by atoms with Crippen LogP contribution in [-0.4, -0.2) is 41.0 Å². The van der Waals surface area contributed by atoms with Gasteiger partial charge >= 0.3 is 0 Å². The van der Waals surface area contributed by atoms with Gasteiger partial charge in [0.25, 0.3) is 5.56 Å². The van der Waals surface area contributed by atoms with Gasteiger partial charge < -0.3 is 18.7 Å². The Bertz CT molecular complexity index is 1330. The van der Waals surface area contributed by atoms with Crippen molar-refractivity contribution in [1.82, 2.24) is 19.7 Å². The molecule has 2 aromatic heterocycles. The molecule has 9 nitrogen and oxygen atoms in total. The highest BCUT2D eigenvalue weighted by molar-refractivity contribution is 7.98. The van der Waals surface area contributed by atoms with Crippen LogP contribution in [0.2, 0.25) is 0 Å². The lowest BCUT2D eigenvalue weighted by molar-refractivity contribution is 0.324. The molecule has 2 heterocycles. The normalized spacial score (nSPS) is 11.1. The van der Waals surface area contributed by atoms with E-state index in [0.717, 1.165) is 12.8 Å². The van der Waals surface area contributed by atoms with E-state index in [1.165, 1.54) is 11.8 Å². The standard InChI is InChI=1S/C24H26N4O5S/c1-5-6-11-28-23(29)16-9-7-8-10-17(16)25-24(28)34-14-20-26-22(27-33-20)15-12-18(30-2)21(32-4)19(13-15)31-3/h7-10,12-13H,5-6,11,14H2,1-4H3. The average molecular weight is 483 g/mol. The topological polar surface area (TPSA) is 102 Å². The molecule has 10 heteroatoms. The maximum atomic E-state index is 13.1. The Morgan fingerprint density at radius 2 is 1.76 bits per heavy atom. The van der Waals surface area contributed by atoms with Crippen LogP contribution in [0.25, 0.3) is 22.3 Å². The van der Waals surface area contributed by atoms with Crippen LogP contribution in [0.3, 0.4) is 0 Å². The van der Waals surface area contributed by atoms with Gasteiger partial charge in [0.15, 0.2) is 16.7 Å². The van der Waals surface area contributed by atoms with E-state index in [1.54, 1.807) is 38.0 Å². The number of unbranched alkanes of at least 4 members (excludes halogenated alkanes) is 1. The Labute approximate surface area is 201 Å². The molecule has 0 unspecified atom stereocenters. The van der Waals surface area contributed by atoms with E-state index in [-0.39, 0.29) is 5.56 Å². The molecular weight excluding hydrogens is 456 g/mol. The minimum Gasteiger partial charge on any atom is -0.493 e. The molecule has 0 spiro atoms. The molecule has 0 fully saturated rings. The van der Waals surface area contributed by atoms with Crippen molar-refractivity contribution in [3.63, 3.8) is 0 Å². The fourth-order valence-electron chi connectivity index (χ4n) is 3.54. The largest absolute Gasteiger partial charge is 0.493 e. The van der Waals surface area contributed by atoms with Crippen molar-refractivity contribution in [3.8, 4) is 28.6 Å². The van der Waals surface area contributed by atoms with Crippen LogP contribution in [0.1, 0.15) is 25.7 Å². The number of para-hydroxylation sites is 1. The summed E-state index contributed by atoms with van der Waals surface area (Å²) in [4.78, 5) is 22.3. The van der Waals surface area contributed by atoms with E-state index < -0.39 is 0 Å². The first-order valence-electron chi connectivity index (χ1n) is 10.8. The van der Waals surface area contributed by atoms with Crippen molar-refractivity contribution in [2.45, 2.75) is 37.2 Å². The molecule has 2 aromatic carbocycles. The van der Waals surface area contributed by atoms with Crippen LogP contribution in [-0.2, 0) is 12.3 Å². The monoisotopic (exact) mass is 482 g/mol. The first-order valence-corrected chi connectivity index (χ1v) is 11.8. The highest BCUT2D eigenvalue weighted by Gasteiger charge is 2.18. The molecule has 0 N–H and O–H groups in total. The molecule has 0 radical (unpaired) electrons. The van der Waals surface area contributed by atoms with Crippen molar-refractivity contribution >= 4 is 22.7 Å². The number of ether oxygens (including phenoxy) is 3. The average Bonchev–Trinajstić information content (AvgIpc) is 3.35. The molecule has 0 saturated heterocycles. The number of hydrogen-bond acceptors (Lipinski definition) is 9. The van der Waals surface area contributed by atoms with E-state index in [0.29, 0.717) is 62.9 Å². The molecule has 0 aliphatic heterocycles. The van der Waals surface area contributed by atoms with Gasteiger partial charge in [-0.1, -0.05) is 42.4 Å². The predicted molar refractivity (Wildman–Crippen MR) is 130 cm³/mol. The second-order valence-corrected chi connectivity index (χ2v) is 8.38. The minimum atomic E-state index is -0.0369. The predicted octanol–water partition coefficient (Wildman–Crippen LogP) is 4.56. The third-order valence-electron chi connectivity index (χ3n) is 5.28. The maximum Gasteiger partial charge on any atom is 0.262 e. The Morgan fingerprint density at radius 1 is 1.03 bits per heavy atom. The van der Waals surface area contributed by atoms with Crippen molar-refractivity contribution < 1.29 is 18.7 Å². The van der Waals surface area contributed by atoms with Crippen LogP contribution in [0.4, 0.5) is 0 Å². The van der Waals surface area contributed by atoms with Crippen molar-refractivity contribution in [1.29, 1.82) is 0 Å². The molecule has 0 bridgehead atoms. The third-order valence-corrected chi connectivity index (χ3v) is 6.24. The zero-order valence-corrected chi connectivity index (χ0v) is 20.3. The van der Waals surface area contributed by atoms with Gasteiger partial charge in [-0.05, 0) is 30.7 Å². The first kappa shape index (κ1) is 23.6. The summed E-state index contributed by atoms with van der Waals surface area (Å²) in [6.45, 7) is 2.70. The Balaban J connectivity index is 1.61. The number of hydrogen-bond donors (Lipinski definition) is 0. The summed E-state index contributed by atoms with van der Waals surface area (Å²) in [5.74, 6) is 2.66. The number of fused-ring (bicyclic) bond motifs is 1. The highest BCUT2D eigenvalue weighted by Crippen LogP contribution is 2.40. The molecule has 4 rings (SSSR count). The van der Waals surface area contributed by atoms with Gasteiger partial charge in [0, 0.05) is 12.1 Å². The SMILES string of the molecule is CCCCn1c(SCc2nc(-c3cc(OC)c(OC)c(OC)c3)no2)nc2ccccc2c1=O. The molecule has 0 aliphatic carbocycles.